The molecule has 0 aliphatic rings. The molecule has 1 heterocycles. The third kappa shape index (κ3) is 3.76. The molecule has 4 nitrogen and oxygen atoms in total. The number of carbonyl (C=O) groups excluding carboxylic acids is 1. The lowest BCUT2D eigenvalue weighted by atomic mass is 9.92. The van der Waals surface area contributed by atoms with Gasteiger partial charge in [0.2, 0.25) is 5.91 Å². The predicted octanol–water partition coefficient (Wildman–Crippen LogP) is 4.98. The topological polar surface area (TPSA) is 62.5 Å². The van der Waals surface area contributed by atoms with Crippen LogP contribution in [0.25, 0.3) is 10.8 Å². The second kappa shape index (κ2) is 8.01. The summed E-state index contributed by atoms with van der Waals surface area (Å²) in [5.74, 6) is 0.843. The Hall–Kier alpha value is -3.53. The number of rotatable bonds is 6. The summed E-state index contributed by atoms with van der Waals surface area (Å²) in [4.78, 5) is 12.7. The number of hydrogen-bond acceptors (Lipinski definition) is 3. The fraction of sp³-hybridized carbons (Fsp3) is 0.125. The van der Waals surface area contributed by atoms with E-state index < -0.39 is 6.04 Å². The van der Waals surface area contributed by atoms with Crippen LogP contribution >= 0.6 is 0 Å². The van der Waals surface area contributed by atoms with Crippen molar-refractivity contribution in [2.75, 3.05) is 0 Å². The monoisotopic (exact) mass is 371 g/mol. The highest BCUT2D eigenvalue weighted by molar-refractivity contribution is 5.89. The maximum absolute atomic E-state index is 12.7. The Morgan fingerprint density at radius 2 is 1.71 bits per heavy atom. The van der Waals surface area contributed by atoms with Crippen LogP contribution in [-0.4, -0.2) is 11.0 Å². The summed E-state index contributed by atoms with van der Waals surface area (Å²) in [5, 5.41) is 15.7. The molecule has 0 aliphatic carbocycles. The summed E-state index contributed by atoms with van der Waals surface area (Å²) < 4.78 is 5.31. The van der Waals surface area contributed by atoms with E-state index in [9.17, 15) is 9.90 Å². The van der Waals surface area contributed by atoms with Crippen molar-refractivity contribution in [1.29, 1.82) is 0 Å². The van der Waals surface area contributed by atoms with Crippen LogP contribution in [0.1, 0.15) is 29.3 Å². The molecule has 3 aromatic carbocycles. The number of aromatic hydroxyl groups is 1. The molecule has 1 amide bonds. The molecular weight excluding hydrogens is 350 g/mol. The van der Waals surface area contributed by atoms with Gasteiger partial charge in [-0.3, -0.25) is 4.79 Å². The summed E-state index contributed by atoms with van der Waals surface area (Å²) >= 11 is 0. The van der Waals surface area contributed by atoms with Crippen LogP contribution in [0, 0.1) is 0 Å². The van der Waals surface area contributed by atoms with Crippen LogP contribution in [-0.2, 0) is 11.2 Å². The van der Waals surface area contributed by atoms with Crippen molar-refractivity contribution < 1.29 is 14.3 Å². The molecule has 0 saturated heterocycles. The van der Waals surface area contributed by atoms with E-state index in [-0.39, 0.29) is 11.7 Å². The van der Waals surface area contributed by atoms with Crippen molar-refractivity contribution in [3.63, 3.8) is 0 Å². The van der Waals surface area contributed by atoms with Gasteiger partial charge in [-0.1, -0.05) is 60.7 Å². The van der Waals surface area contributed by atoms with E-state index in [2.05, 4.69) is 5.32 Å². The van der Waals surface area contributed by atoms with E-state index in [0.29, 0.717) is 18.4 Å². The predicted molar refractivity (Wildman–Crippen MR) is 109 cm³/mol. The Balaban J connectivity index is 1.69. The molecule has 0 spiro atoms. The molecule has 0 aliphatic heterocycles. The van der Waals surface area contributed by atoms with Gasteiger partial charge in [-0.15, -0.1) is 0 Å². The first-order valence-corrected chi connectivity index (χ1v) is 9.29. The summed E-state index contributed by atoms with van der Waals surface area (Å²) in [7, 11) is 0. The molecule has 2 N–H and O–H groups in total. The van der Waals surface area contributed by atoms with Crippen molar-refractivity contribution in [1.82, 2.24) is 5.32 Å². The van der Waals surface area contributed by atoms with E-state index >= 15 is 0 Å². The van der Waals surface area contributed by atoms with Crippen molar-refractivity contribution in [3.05, 3.63) is 102 Å². The molecule has 0 radical (unpaired) electrons. The second-order valence-electron chi connectivity index (χ2n) is 6.71. The summed E-state index contributed by atoms with van der Waals surface area (Å²) in [5.41, 5.74) is 1.62. The molecule has 4 rings (SSSR count). The van der Waals surface area contributed by atoms with Crippen molar-refractivity contribution in [2.24, 2.45) is 0 Å². The Kier molecular flexibility index (Phi) is 5.11. The van der Waals surface area contributed by atoms with Crippen molar-refractivity contribution >= 4 is 16.7 Å². The number of benzene rings is 3. The van der Waals surface area contributed by atoms with Gasteiger partial charge in [0.25, 0.3) is 0 Å². The number of phenols is 1. The number of furan rings is 1. The smallest absolute Gasteiger partial charge is 0.221 e. The molecule has 28 heavy (non-hydrogen) atoms. The largest absolute Gasteiger partial charge is 0.508 e. The normalized spacial score (nSPS) is 12.0. The standard InChI is InChI=1S/C24H21NO3/c26-21-14-12-17-7-4-5-11-20(17)23(21)24(18-8-2-1-3-9-18)25-22(27)15-13-19-10-6-16-28-19/h1-12,14,16,24,26H,13,15H2,(H,25,27). The van der Waals surface area contributed by atoms with E-state index in [1.165, 1.54) is 0 Å². The first-order valence-electron chi connectivity index (χ1n) is 9.29. The first kappa shape index (κ1) is 17.9. The SMILES string of the molecule is O=C(CCc1ccco1)NC(c1ccccc1)c1c(O)ccc2ccccc12. The lowest BCUT2D eigenvalue weighted by Gasteiger charge is -2.22. The van der Waals surface area contributed by atoms with Crippen LogP contribution in [0.2, 0.25) is 0 Å². The van der Waals surface area contributed by atoms with Gasteiger partial charge in [-0.25, -0.2) is 0 Å². The Bertz CT molecular complexity index is 1070. The van der Waals surface area contributed by atoms with Gasteiger partial charge in [0.15, 0.2) is 0 Å². The van der Waals surface area contributed by atoms with Gasteiger partial charge < -0.3 is 14.8 Å². The van der Waals surface area contributed by atoms with Crippen molar-refractivity contribution in [3.8, 4) is 5.75 Å². The average Bonchev–Trinajstić information content (AvgIpc) is 3.25. The highest BCUT2D eigenvalue weighted by atomic mass is 16.3. The van der Waals surface area contributed by atoms with Crippen LogP contribution in [0.15, 0.2) is 89.5 Å². The number of aryl methyl sites for hydroxylation is 1. The number of fused-ring (bicyclic) bond motifs is 1. The molecule has 0 saturated carbocycles. The van der Waals surface area contributed by atoms with Gasteiger partial charge in [-0.2, -0.15) is 0 Å². The summed E-state index contributed by atoms with van der Waals surface area (Å²) in [6, 6.07) is 24.4. The third-order valence-electron chi connectivity index (χ3n) is 4.85. The molecule has 0 bridgehead atoms. The van der Waals surface area contributed by atoms with E-state index in [1.807, 2.05) is 72.8 Å². The zero-order valence-electron chi connectivity index (χ0n) is 15.3. The molecule has 1 unspecified atom stereocenters. The van der Waals surface area contributed by atoms with Gasteiger partial charge in [0, 0.05) is 18.4 Å². The van der Waals surface area contributed by atoms with Gasteiger partial charge >= 0.3 is 0 Å². The van der Waals surface area contributed by atoms with E-state index in [1.54, 1.807) is 12.3 Å². The maximum atomic E-state index is 12.7. The number of nitrogens with one attached hydrogen (secondary N) is 1. The van der Waals surface area contributed by atoms with E-state index in [4.69, 9.17) is 4.42 Å². The Labute approximate surface area is 163 Å². The highest BCUT2D eigenvalue weighted by Crippen LogP contribution is 2.35. The maximum Gasteiger partial charge on any atom is 0.221 e. The molecular formula is C24H21NO3. The first-order chi connectivity index (χ1) is 13.7. The number of carbonyl (C=O) groups is 1. The number of amides is 1. The lowest BCUT2D eigenvalue weighted by molar-refractivity contribution is -0.121. The van der Waals surface area contributed by atoms with Crippen LogP contribution < -0.4 is 5.32 Å². The minimum absolute atomic E-state index is 0.0995. The zero-order valence-corrected chi connectivity index (χ0v) is 15.3. The Morgan fingerprint density at radius 3 is 2.50 bits per heavy atom. The Morgan fingerprint density at radius 1 is 0.929 bits per heavy atom. The average molecular weight is 371 g/mol. The summed E-state index contributed by atoms with van der Waals surface area (Å²) in [6.07, 6.45) is 2.44. The number of hydrogen-bond donors (Lipinski definition) is 2. The van der Waals surface area contributed by atoms with Crippen LogP contribution in [0.3, 0.4) is 0 Å². The van der Waals surface area contributed by atoms with Gasteiger partial charge in [-0.05, 0) is 34.5 Å². The van der Waals surface area contributed by atoms with Crippen LogP contribution in [0.4, 0.5) is 0 Å². The molecule has 1 atom stereocenters. The van der Waals surface area contributed by atoms with Crippen LogP contribution in [0.5, 0.6) is 5.75 Å². The van der Waals surface area contributed by atoms with Gasteiger partial charge in [0.1, 0.15) is 11.5 Å². The quantitative estimate of drug-likeness (QED) is 0.503. The lowest BCUT2D eigenvalue weighted by Crippen LogP contribution is -2.29. The fourth-order valence-corrected chi connectivity index (χ4v) is 3.48. The van der Waals surface area contributed by atoms with Gasteiger partial charge in [0.05, 0.1) is 12.3 Å². The van der Waals surface area contributed by atoms with Crippen molar-refractivity contribution in [2.45, 2.75) is 18.9 Å². The minimum atomic E-state index is -0.448. The molecule has 0 fully saturated rings. The molecule has 4 aromatic rings. The molecule has 1 aromatic heterocycles. The molecule has 140 valence electrons. The second-order valence-corrected chi connectivity index (χ2v) is 6.71. The minimum Gasteiger partial charge on any atom is -0.508 e. The fourth-order valence-electron chi connectivity index (χ4n) is 3.48. The third-order valence-corrected chi connectivity index (χ3v) is 4.85. The number of phenolic OH excluding ortho intramolecular Hbond substituents is 1. The molecule has 4 heteroatoms. The zero-order chi connectivity index (χ0) is 19.3. The summed E-state index contributed by atoms with van der Waals surface area (Å²) in [6.45, 7) is 0. The van der Waals surface area contributed by atoms with E-state index in [0.717, 1.165) is 22.1 Å². The highest BCUT2D eigenvalue weighted by Gasteiger charge is 2.22.